The standard InChI is InChI=1S/C46H28OS/c1-3-13-29(14-4-1)41-34-18-7-9-20-36(34)42(37-21-10-8-19-35(37)41)30-23-25-31(26-24-30)43-44-39(47-45(43)32-15-5-2-6-16-32)28-27-38-33-17-11-12-22-40(33)48-46(38)44/h1-28H. The lowest BCUT2D eigenvalue weighted by atomic mass is 9.85. The molecule has 0 aliphatic heterocycles. The first kappa shape index (κ1) is 27.2. The molecule has 0 fully saturated rings. The maximum atomic E-state index is 6.74. The Morgan fingerprint density at radius 3 is 1.38 bits per heavy atom. The third kappa shape index (κ3) is 4.10. The van der Waals surface area contributed by atoms with Gasteiger partial charge < -0.3 is 4.42 Å². The third-order valence-corrected chi connectivity index (χ3v) is 10.9. The van der Waals surface area contributed by atoms with E-state index in [1.54, 1.807) is 0 Å². The van der Waals surface area contributed by atoms with Gasteiger partial charge in [0.2, 0.25) is 0 Å². The summed E-state index contributed by atoms with van der Waals surface area (Å²) in [5.74, 6) is 0.909. The summed E-state index contributed by atoms with van der Waals surface area (Å²) in [6.45, 7) is 0. The second-order valence-electron chi connectivity index (χ2n) is 12.4. The fourth-order valence-corrected chi connectivity index (χ4v) is 8.84. The van der Waals surface area contributed by atoms with E-state index in [1.165, 1.54) is 69.4 Å². The summed E-state index contributed by atoms with van der Waals surface area (Å²) in [5.41, 5.74) is 9.28. The Morgan fingerprint density at radius 2 is 0.792 bits per heavy atom. The van der Waals surface area contributed by atoms with Gasteiger partial charge in [0.15, 0.2) is 0 Å². The van der Waals surface area contributed by atoms with Crippen LogP contribution in [-0.4, -0.2) is 0 Å². The van der Waals surface area contributed by atoms with Crippen molar-refractivity contribution in [1.29, 1.82) is 0 Å². The van der Waals surface area contributed by atoms with Crippen LogP contribution in [0.25, 0.3) is 97.4 Å². The number of rotatable bonds is 4. The van der Waals surface area contributed by atoms with E-state index < -0.39 is 0 Å². The van der Waals surface area contributed by atoms with Crippen LogP contribution in [0.5, 0.6) is 0 Å². The number of furan rings is 1. The van der Waals surface area contributed by atoms with Crippen molar-refractivity contribution in [3.05, 3.63) is 170 Å². The third-order valence-electron chi connectivity index (χ3n) is 9.69. The lowest BCUT2D eigenvalue weighted by Gasteiger charge is -2.18. The van der Waals surface area contributed by atoms with Gasteiger partial charge in [0.25, 0.3) is 0 Å². The Balaban J connectivity index is 1.23. The Hall–Kier alpha value is -5.96. The maximum absolute atomic E-state index is 6.74. The van der Waals surface area contributed by atoms with Gasteiger partial charge in [0.1, 0.15) is 11.3 Å². The van der Waals surface area contributed by atoms with Crippen molar-refractivity contribution in [2.45, 2.75) is 0 Å². The second kappa shape index (κ2) is 10.8. The van der Waals surface area contributed by atoms with Crippen LogP contribution in [0.1, 0.15) is 0 Å². The molecule has 2 aromatic heterocycles. The molecule has 0 radical (unpaired) electrons. The van der Waals surface area contributed by atoms with Gasteiger partial charge in [-0.3, -0.25) is 0 Å². The van der Waals surface area contributed by atoms with Crippen molar-refractivity contribution in [1.82, 2.24) is 0 Å². The molecule has 2 heteroatoms. The Morgan fingerprint density at radius 1 is 0.333 bits per heavy atom. The number of thiophene rings is 1. The van der Waals surface area contributed by atoms with Crippen molar-refractivity contribution in [2.75, 3.05) is 0 Å². The maximum Gasteiger partial charge on any atom is 0.143 e. The smallest absolute Gasteiger partial charge is 0.143 e. The van der Waals surface area contributed by atoms with Gasteiger partial charge in [-0.2, -0.15) is 0 Å². The van der Waals surface area contributed by atoms with Crippen LogP contribution in [0.2, 0.25) is 0 Å². The normalized spacial score (nSPS) is 11.8. The Kier molecular flexibility index (Phi) is 6.12. The van der Waals surface area contributed by atoms with Crippen LogP contribution in [0.4, 0.5) is 0 Å². The van der Waals surface area contributed by atoms with Crippen LogP contribution in [0.3, 0.4) is 0 Å². The molecule has 0 saturated heterocycles. The quantitative estimate of drug-likeness (QED) is 0.177. The highest BCUT2D eigenvalue weighted by molar-refractivity contribution is 7.26. The van der Waals surface area contributed by atoms with E-state index >= 15 is 0 Å². The minimum absolute atomic E-state index is 0.909. The largest absolute Gasteiger partial charge is 0.455 e. The fraction of sp³-hybridized carbons (Fsp3) is 0. The van der Waals surface area contributed by atoms with E-state index in [9.17, 15) is 0 Å². The summed E-state index contributed by atoms with van der Waals surface area (Å²) in [4.78, 5) is 0. The van der Waals surface area contributed by atoms with E-state index in [4.69, 9.17) is 4.42 Å². The molecule has 10 aromatic rings. The zero-order chi connectivity index (χ0) is 31.6. The van der Waals surface area contributed by atoms with Gasteiger partial charge in [-0.25, -0.2) is 0 Å². The molecule has 0 unspecified atom stereocenters. The number of benzene rings is 8. The lowest BCUT2D eigenvalue weighted by Crippen LogP contribution is -1.91. The molecule has 0 N–H and O–H groups in total. The second-order valence-corrected chi connectivity index (χ2v) is 13.4. The lowest BCUT2D eigenvalue weighted by molar-refractivity contribution is 0.632. The molecule has 2 heterocycles. The Labute approximate surface area is 282 Å². The minimum atomic E-state index is 0.909. The van der Waals surface area contributed by atoms with Gasteiger partial charge in [0.05, 0.1) is 0 Å². The summed E-state index contributed by atoms with van der Waals surface area (Å²) in [7, 11) is 0. The molecule has 0 spiro atoms. The van der Waals surface area contributed by atoms with E-state index in [1.807, 2.05) is 11.3 Å². The molecule has 48 heavy (non-hydrogen) atoms. The van der Waals surface area contributed by atoms with Gasteiger partial charge in [-0.15, -0.1) is 11.3 Å². The SMILES string of the molecule is c1ccc(-c2oc3ccc4c5ccccc5sc4c3c2-c2ccc(-c3c4ccccc4c(-c4ccccc4)c4ccccc34)cc2)cc1. The molecule has 0 bridgehead atoms. The average Bonchev–Trinajstić information content (AvgIpc) is 3.74. The van der Waals surface area contributed by atoms with Crippen molar-refractivity contribution in [2.24, 2.45) is 0 Å². The predicted molar refractivity (Wildman–Crippen MR) is 206 cm³/mol. The first-order valence-corrected chi connectivity index (χ1v) is 17.2. The number of hydrogen-bond acceptors (Lipinski definition) is 2. The molecular formula is C46H28OS. The molecule has 0 aliphatic rings. The zero-order valence-corrected chi connectivity index (χ0v) is 26.8. The van der Waals surface area contributed by atoms with Gasteiger partial charge in [-0.05, 0) is 67.6 Å². The highest BCUT2D eigenvalue weighted by atomic mass is 32.1. The molecule has 224 valence electrons. The van der Waals surface area contributed by atoms with Gasteiger partial charge >= 0.3 is 0 Å². The van der Waals surface area contributed by atoms with Crippen LogP contribution < -0.4 is 0 Å². The topological polar surface area (TPSA) is 13.1 Å². The van der Waals surface area contributed by atoms with Crippen LogP contribution in [-0.2, 0) is 0 Å². The molecule has 0 atom stereocenters. The summed E-state index contributed by atoms with van der Waals surface area (Å²) < 4.78 is 9.30. The van der Waals surface area contributed by atoms with Crippen molar-refractivity contribution < 1.29 is 4.42 Å². The van der Waals surface area contributed by atoms with E-state index in [0.717, 1.165) is 28.0 Å². The predicted octanol–water partition coefficient (Wildman–Crippen LogP) is 13.8. The summed E-state index contributed by atoms with van der Waals surface area (Å²) >= 11 is 1.85. The number of fused-ring (bicyclic) bond motifs is 7. The molecule has 0 aliphatic carbocycles. The Bertz CT molecular complexity index is 2750. The average molecular weight is 629 g/mol. The van der Waals surface area contributed by atoms with Gasteiger partial charge in [0, 0.05) is 36.7 Å². The highest BCUT2D eigenvalue weighted by Gasteiger charge is 2.22. The summed E-state index contributed by atoms with van der Waals surface area (Å²) in [6, 6.07) is 61.2. The zero-order valence-electron chi connectivity index (χ0n) is 26.0. The summed E-state index contributed by atoms with van der Waals surface area (Å²) in [6.07, 6.45) is 0. The van der Waals surface area contributed by atoms with E-state index in [0.29, 0.717) is 0 Å². The monoisotopic (exact) mass is 628 g/mol. The summed E-state index contributed by atoms with van der Waals surface area (Å²) in [5, 5.41) is 8.80. The molecule has 1 nitrogen and oxygen atoms in total. The molecular weight excluding hydrogens is 601 g/mol. The van der Waals surface area contributed by atoms with Crippen LogP contribution in [0, 0.1) is 0 Å². The molecule has 0 saturated carbocycles. The molecule has 8 aromatic carbocycles. The van der Waals surface area contributed by atoms with Crippen LogP contribution >= 0.6 is 11.3 Å². The van der Waals surface area contributed by atoms with E-state index in [2.05, 4.69) is 170 Å². The van der Waals surface area contributed by atoms with Gasteiger partial charge in [-0.1, -0.05) is 152 Å². The first-order chi connectivity index (χ1) is 23.8. The number of hydrogen-bond donors (Lipinski definition) is 0. The molecule has 0 amide bonds. The van der Waals surface area contributed by atoms with Crippen LogP contribution in [0.15, 0.2) is 174 Å². The fourth-order valence-electron chi connectivity index (χ4n) is 7.59. The van der Waals surface area contributed by atoms with Crippen molar-refractivity contribution in [3.63, 3.8) is 0 Å². The minimum Gasteiger partial charge on any atom is -0.455 e. The molecule has 10 rings (SSSR count). The van der Waals surface area contributed by atoms with Crippen molar-refractivity contribution >= 4 is 64.0 Å². The van der Waals surface area contributed by atoms with E-state index in [-0.39, 0.29) is 0 Å². The first-order valence-electron chi connectivity index (χ1n) is 16.4. The van der Waals surface area contributed by atoms with Crippen molar-refractivity contribution in [3.8, 4) is 44.7 Å². The highest BCUT2D eigenvalue weighted by Crippen LogP contribution is 2.49.